The summed E-state index contributed by atoms with van der Waals surface area (Å²) in [5.41, 5.74) is 21.6. The van der Waals surface area contributed by atoms with Crippen LogP contribution in [0.1, 0.15) is 23.2 Å². The van der Waals surface area contributed by atoms with Crippen molar-refractivity contribution < 1.29 is 9.18 Å². The van der Waals surface area contributed by atoms with Crippen LogP contribution in [0.3, 0.4) is 0 Å². The molecular formula is C25H24FN7O. The second kappa shape index (κ2) is 8.68. The van der Waals surface area contributed by atoms with Crippen LogP contribution in [0.5, 0.6) is 0 Å². The summed E-state index contributed by atoms with van der Waals surface area (Å²) in [6, 6.07) is 11.2. The van der Waals surface area contributed by atoms with Crippen LogP contribution in [0, 0.1) is 5.82 Å². The van der Waals surface area contributed by atoms with Crippen LogP contribution in [-0.2, 0) is 0 Å². The molecule has 1 amide bonds. The fraction of sp³-hybridized carbons (Fsp3) is 0.200. The van der Waals surface area contributed by atoms with E-state index in [0.717, 1.165) is 42.5 Å². The molecule has 9 heteroatoms. The van der Waals surface area contributed by atoms with Crippen molar-refractivity contribution in [3.05, 3.63) is 66.2 Å². The highest BCUT2D eigenvalue weighted by atomic mass is 19.1. The largest absolute Gasteiger partial charge is 0.397 e. The summed E-state index contributed by atoms with van der Waals surface area (Å²) in [5.74, 6) is -1.17. The summed E-state index contributed by atoms with van der Waals surface area (Å²) in [6.45, 7) is 1.68. The number of aromatic nitrogens is 3. The molecule has 1 unspecified atom stereocenters. The Morgan fingerprint density at radius 3 is 2.74 bits per heavy atom. The maximum Gasteiger partial charge on any atom is 0.248 e. The molecule has 0 radical (unpaired) electrons. The van der Waals surface area contributed by atoms with Crippen molar-refractivity contribution in [2.75, 3.05) is 23.7 Å². The number of hydrogen-bond donors (Lipinski definition) is 3. The van der Waals surface area contributed by atoms with Gasteiger partial charge in [0.1, 0.15) is 11.5 Å². The second-order valence-corrected chi connectivity index (χ2v) is 8.46. The Morgan fingerprint density at radius 2 is 1.94 bits per heavy atom. The number of nitrogens with zero attached hydrogens (tertiary/aromatic N) is 4. The molecule has 1 aliphatic rings. The quantitative estimate of drug-likeness (QED) is 0.428. The van der Waals surface area contributed by atoms with E-state index in [2.05, 4.69) is 19.9 Å². The van der Waals surface area contributed by atoms with Crippen LogP contribution in [0.25, 0.3) is 33.5 Å². The number of nitrogens with two attached hydrogens (primary N) is 3. The number of halogens is 1. The van der Waals surface area contributed by atoms with Crippen molar-refractivity contribution in [3.63, 3.8) is 0 Å². The lowest BCUT2D eigenvalue weighted by molar-refractivity contribution is 0.100. The van der Waals surface area contributed by atoms with E-state index in [1.165, 1.54) is 18.2 Å². The summed E-state index contributed by atoms with van der Waals surface area (Å²) in [5, 5.41) is 0.912. The smallest absolute Gasteiger partial charge is 0.248 e. The Morgan fingerprint density at radius 1 is 1.09 bits per heavy atom. The first-order valence-electron chi connectivity index (χ1n) is 11.0. The fourth-order valence-corrected chi connectivity index (χ4v) is 4.37. The summed E-state index contributed by atoms with van der Waals surface area (Å²) < 4.78 is 14.6. The average Bonchev–Trinajstić information content (AvgIpc) is 2.84. The maximum absolute atomic E-state index is 14.6. The minimum absolute atomic E-state index is 0.123. The van der Waals surface area contributed by atoms with Gasteiger partial charge in [0.2, 0.25) is 5.91 Å². The zero-order valence-corrected chi connectivity index (χ0v) is 18.4. The molecule has 172 valence electrons. The summed E-state index contributed by atoms with van der Waals surface area (Å²) in [6.07, 6.45) is 5.48. The molecule has 0 bridgehead atoms. The van der Waals surface area contributed by atoms with Gasteiger partial charge in [-0.25, -0.2) is 9.37 Å². The number of hydrogen-bond acceptors (Lipinski definition) is 7. The zero-order chi connectivity index (χ0) is 23.8. The molecule has 1 atom stereocenters. The standard InChI is InChI=1S/C25H24FN7O/c26-18-4-3-14(25(29)34)10-16(18)20-6-5-19(28)24(32-20)21-11-17-22(12-31-21)30-8-7-23(17)33-9-1-2-15(27)13-33/h3-8,10-12,15H,1-2,9,13,27-28H2,(H2,29,34). The number of primary amides is 1. The number of anilines is 2. The monoisotopic (exact) mass is 457 g/mol. The molecule has 1 aromatic carbocycles. The second-order valence-electron chi connectivity index (χ2n) is 8.46. The first-order chi connectivity index (χ1) is 16.4. The molecule has 1 aliphatic heterocycles. The number of nitrogen functional groups attached to an aromatic ring is 1. The van der Waals surface area contributed by atoms with Gasteiger partial charge in [-0.2, -0.15) is 0 Å². The molecule has 0 saturated carbocycles. The van der Waals surface area contributed by atoms with Crippen LogP contribution in [0.2, 0.25) is 0 Å². The third-order valence-electron chi connectivity index (χ3n) is 6.10. The van der Waals surface area contributed by atoms with Gasteiger partial charge in [0.25, 0.3) is 0 Å². The van der Waals surface area contributed by atoms with Crippen molar-refractivity contribution in [2.45, 2.75) is 18.9 Å². The Bertz CT molecular complexity index is 1410. The molecule has 4 heterocycles. The molecule has 1 fully saturated rings. The number of amides is 1. The minimum Gasteiger partial charge on any atom is -0.397 e. The highest BCUT2D eigenvalue weighted by molar-refractivity contribution is 5.95. The van der Waals surface area contributed by atoms with Gasteiger partial charge in [-0.3, -0.25) is 14.8 Å². The molecule has 0 spiro atoms. The third-order valence-corrected chi connectivity index (χ3v) is 6.10. The lowest BCUT2D eigenvalue weighted by Gasteiger charge is -2.33. The van der Waals surface area contributed by atoms with Gasteiger partial charge in [0.15, 0.2) is 0 Å². The first kappa shape index (κ1) is 21.7. The Hall–Kier alpha value is -4.11. The maximum atomic E-state index is 14.6. The van der Waals surface area contributed by atoms with Gasteiger partial charge >= 0.3 is 0 Å². The number of carbonyl (C=O) groups excluding carboxylic acids is 1. The van der Waals surface area contributed by atoms with E-state index in [0.29, 0.717) is 22.8 Å². The number of rotatable bonds is 4. The summed E-state index contributed by atoms with van der Waals surface area (Å²) in [7, 11) is 0. The molecule has 6 N–H and O–H groups in total. The molecule has 5 rings (SSSR count). The Balaban J connectivity index is 1.61. The molecule has 34 heavy (non-hydrogen) atoms. The molecule has 4 aromatic rings. The average molecular weight is 458 g/mol. The predicted molar refractivity (Wildman–Crippen MR) is 131 cm³/mol. The van der Waals surface area contributed by atoms with Crippen molar-refractivity contribution in [1.82, 2.24) is 15.0 Å². The van der Waals surface area contributed by atoms with Crippen molar-refractivity contribution in [3.8, 4) is 22.6 Å². The van der Waals surface area contributed by atoms with Gasteiger partial charge in [-0.15, -0.1) is 0 Å². The van der Waals surface area contributed by atoms with Crippen LogP contribution < -0.4 is 22.1 Å². The lowest BCUT2D eigenvalue weighted by Crippen LogP contribution is -2.42. The van der Waals surface area contributed by atoms with Crippen LogP contribution >= 0.6 is 0 Å². The van der Waals surface area contributed by atoms with E-state index in [1.807, 2.05) is 12.1 Å². The lowest BCUT2D eigenvalue weighted by atomic mass is 10.0. The summed E-state index contributed by atoms with van der Waals surface area (Å²) in [4.78, 5) is 27.4. The number of fused-ring (bicyclic) bond motifs is 1. The van der Waals surface area contributed by atoms with Crippen LogP contribution in [0.15, 0.2) is 54.9 Å². The number of piperidine rings is 1. The first-order valence-corrected chi connectivity index (χ1v) is 11.0. The zero-order valence-electron chi connectivity index (χ0n) is 18.4. The highest BCUT2D eigenvalue weighted by Crippen LogP contribution is 2.33. The fourth-order valence-electron chi connectivity index (χ4n) is 4.37. The van der Waals surface area contributed by atoms with E-state index in [1.54, 1.807) is 24.5 Å². The SMILES string of the molecule is NC(=O)c1ccc(F)c(-c2ccc(N)c(-c3cc4c(N5CCCC(N)C5)ccnc4cn3)n2)c1. The van der Waals surface area contributed by atoms with E-state index in [-0.39, 0.29) is 17.2 Å². The van der Waals surface area contributed by atoms with Crippen LogP contribution in [-0.4, -0.2) is 40.0 Å². The van der Waals surface area contributed by atoms with E-state index >= 15 is 0 Å². The van der Waals surface area contributed by atoms with Crippen molar-refractivity contribution >= 4 is 28.2 Å². The van der Waals surface area contributed by atoms with E-state index < -0.39 is 11.7 Å². The summed E-state index contributed by atoms with van der Waals surface area (Å²) >= 11 is 0. The highest BCUT2D eigenvalue weighted by Gasteiger charge is 2.20. The third kappa shape index (κ3) is 4.01. The molecule has 3 aromatic heterocycles. The van der Waals surface area contributed by atoms with Crippen molar-refractivity contribution in [1.29, 1.82) is 0 Å². The predicted octanol–water partition coefficient (Wildman–Crippen LogP) is 3.11. The van der Waals surface area contributed by atoms with Gasteiger partial charge in [0.05, 0.1) is 28.8 Å². The number of carbonyl (C=O) groups is 1. The van der Waals surface area contributed by atoms with E-state index in [4.69, 9.17) is 17.2 Å². The minimum atomic E-state index is -0.648. The van der Waals surface area contributed by atoms with E-state index in [9.17, 15) is 9.18 Å². The normalized spacial score (nSPS) is 16.1. The van der Waals surface area contributed by atoms with Crippen molar-refractivity contribution in [2.24, 2.45) is 11.5 Å². The molecular weight excluding hydrogens is 433 g/mol. The molecule has 1 saturated heterocycles. The number of pyridine rings is 3. The van der Waals surface area contributed by atoms with Gasteiger partial charge in [-0.05, 0) is 55.3 Å². The number of benzene rings is 1. The van der Waals surface area contributed by atoms with Gasteiger partial charge < -0.3 is 22.1 Å². The molecule has 8 nitrogen and oxygen atoms in total. The molecule has 0 aliphatic carbocycles. The van der Waals surface area contributed by atoms with Gasteiger partial charge in [-0.1, -0.05) is 0 Å². The Labute approximate surface area is 195 Å². The Kier molecular flexibility index (Phi) is 5.54. The van der Waals surface area contributed by atoms with Gasteiger partial charge in [0, 0.05) is 47.5 Å². The topological polar surface area (TPSA) is 137 Å². The van der Waals surface area contributed by atoms with Crippen LogP contribution in [0.4, 0.5) is 15.8 Å².